The lowest BCUT2D eigenvalue weighted by atomic mass is 10.1. The van der Waals surface area contributed by atoms with Crippen LogP contribution >= 0.6 is 0 Å². The normalized spacial score (nSPS) is 27.5. The first kappa shape index (κ1) is 10.7. The van der Waals surface area contributed by atoms with Crippen LogP contribution < -0.4 is 5.32 Å². The van der Waals surface area contributed by atoms with Crippen molar-refractivity contribution in [3.05, 3.63) is 35.4 Å². The van der Waals surface area contributed by atoms with Crippen LogP contribution in [-0.2, 0) is 6.54 Å². The molecule has 0 aliphatic carbocycles. The van der Waals surface area contributed by atoms with Gasteiger partial charge in [0.1, 0.15) is 0 Å². The second kappa shape index (κ2) is 4.13. The number of nitrogens with one attached hydrogen (secondary N) is 1. The van der Waals surface area contributed by atoms with Gasteiger partial charge in [0.05, 0.1) is 5.56 Å². The minimum Gasteiger partial charge on any atom is -0.478 e. The van der Waals surface area contributed by atoms with E-state index >= 15 is 0 Å². The van der Waals surface area contributed by atoms with Crippen molar-refractivity contribution in [2.75, 3.05) is 13.1 Å². The molecule has 3 rings (SSSR count). The van der Waals surface area contributed by atoms with Crippen LogP contribution in [0.25, 0.3) is 0 Å². The van der Waals surface area contributed by atoms with Crippen molar-refractivity contribution >= 4 is 5.97 Å². The van der Waals surface area contributed by atoms with Crippen molar-refractivity contribution in [3.63, 3.8) is 0 Å². The molecular weight excluding hydrogens is 216 g/mol. The first-order valence-electron chi connectivity index (χ1n) is 6.02. The summed E-state index contributed by atoms with van der Waals surface area (Å²) in [6.45, 7) is 3.14. The van der Waals surface area contributed by atoms with Gasteiger partial charge in [-0.15, -0.1) is 0 Å². The highest BCUT2D eigenvalue weighted by Gasteiger charge is 2.37. The number of hydrogen-bond acceptors (Lipinski definition) is 3. The zero-order chi connectivity index (χ0) is 11.8. The molecule has 2 aliphatic rings. The topological polar surface area (TPSA) is 52.6 Å². The number of benzene rings is 1. The molecule has 0 aromatic heterocycles. The number of likely N-dealkylation sites (tertiary alicyclic amines) is 1. The molecule has 4 heteroatoms. The van der Waals surface area contributed by atoms with Crippen molar-refractivity contribution < 1.29 is 9.90 Å². The Labute approximate surface area is 100 Å². The van der Waals surface area contributed by atoms with Crippen molar-refractivity contribution in [2.24, 2.45) is 0 Å². The summed E-state index contributed by atoms with van der Waals surface area (Å²) in [4.78, 5) is 13.2. The van der Waals surface area contributed by atoms with Crippen molar-refractivity contribution in [2.45, 2.75) is 25.0 Å². The summed E-state index contributed by atoms with van der Waals surface area (Å²) in [7, 11) is 0. The maximum Gasteiger partial charge on any atom is 0.335 e. The van der Waals surface area contributed by atoms with E-state index in [-0.39, 0.29) is 0 Å². The molecule has 2 aliphatic heterocycles. The molecule has 2 fully saturated rings. The number of rotatable bonds is 3. The van der Waals surface area contributed by atoms with Crippen molar-refractivity contribution in [1.82, 2.24) is 10.2 Å². The number of carboxylic acid groups (broad SMARTS) is 1. The van der Waals surface area contributed by atoms with Gasteiger partial charge >= 0.3 is 5.97 Å². The predicted octanol–water partition coefficient (Wildman–Crippen LogP) is 0.931. The molecule has 0 spiro atoms. The Kier molecular flexibility index (Phi) is 2.61. The third-order valence-corrected chi connectivity index (χ3v) is 3.76. The molecule has 0 saturated carbocycles. The van der Waals surface area contributed by atoms with E-state index in [0.717, 1.165) is 19.6 Å². The van der Waals surface area contributed by atoms with Gasteiger partial charge in [0.25, 0.3) is 0 Å². The Morgan fingerprint density at radius 2 is 2.18 bits per heavy atom. The van der Waals surface area contributed by atoms with Gasteiger partial charge in [-0.05, 0) is 24.1 Å². The van der Waals surface area contributed by atoms with Gasteiger partial charge in [0.15, 0.2) is 0 Å². The Bertz CT molecular complexity index is 430. The molecule has 1 aromatic rings. The average molecular weight is 232 g/mol. The van der Waals surface area contributed by atoms with Crippen LogP contribution in [0.2, 0.25) is 0 Å². The van der Waals surface area contributed by atoms with Gasteiger partial charge in [0.2, 0.25) is 0 Å². The van der Waals surface area contributed by atoms with Gasteiger partial charge in [0, 0.05) is 31.7 Å². The Morgan fingerprint density at radius 1 is 1.41 bits per heavy atom. The molecule has 90 valence electrons. The van der Waals surface area contributed by atoms with Crippen LogP contribution in [0, 0.1) is 0 Å². The number of aromatic carboxylic acids is 1. The molecule has 2 heterocycles. The highest BCUT2D eigenvalue weighted by molar-refractivity contribution is 5.87. The van der Waals surface area contributed by atoms with Crippen LogP contribution in [0.5, 0.6) is 0 Å². The van der Waals surface area contributed by atoms with E-state index in [4.69, 9.17) is 5.11 Å². The third-order valence-electron chi connectivity index (χ3n) is 3.76. The number of fused-ring (bicyclic) bond motifs is 2. The minimum absolute atomic E-state index is 0.360. The smallest absolute Gasteiger partial charge is 0.335 e. The molecule has 17 heavy (non-hydrogen) atoms. The highest BCUT2D eigenvalue weighted by Crippen LogP contribution is 2.24. The van der Waals surface area contributed by atoms with Gasteiger partial charge in [-0.1, -0.05) is 12.1 Å². The molecule has 2 N–H and O–H groups in total. The van der Waals surface area contributed by atoms with Crippen LogP contribution in [0.1, 0.15) is 22.3 Å². The first-order chi connectivity index (χ1) is 8.22. The molecular formula is C13H16N2O2. The fourth-order valence-corrected chi connectivity index (χ4v) is 2.83. The summed E-state index contributed by atoms with van der Waals surface area (Å²) in [5, 5.41) is 12.3. The number of nitrogens with zero attached hydrogens (tertiary/aromatic N) is 1. The maximum atomic E-state index is 10.7. The largest absolute Gasteiger partial charge is 0.478 e. The fraction of sp³-hybridized carbons (Fsp3) is 0.462. The Balaban J connectivity index is 1.67. The van der Waals surface area contributed by atoms with E-state index in [1.165, 1.54) is 12.0 Å². The van der Waals surface area contributed by atoms with Crippen molar-refractivity contribution in [3.8, 4) is 0 Å². The van der Waals surface area contributed by atoms with Gasteiger partial charge in [-0.2, -0.15) is 0 Å². The highest BCUT2D eigenvalue weighted by atomic mass is 16.4. The molecule has 2 unspecified atom stereocenters. The Hall–Kier alpha value is -1.39. The van der Waals surface area contributed by atoms with Gasteiger partial charge in [-0.3, -0.25) is 4.90 Å². The molecule has 2 bridgehead atoms. The monoisotopic (exact) mass is 232 g/mol. The molecule has 0 amide bonds. The third kappa shape index (κ3) is 2.06. The summed E-state index contributed by atoms with van der Waals surface area (Å²) >= 11 is 0. The minimum atomic E-state index is -0.860. The van der Waals surface area contributed by atoms with Gasteiger partial charge in [-0.25, -0.2) is 4.79 Å². The summed E-state index contributed by atoms with van der Waals surface area (Å²) in [5.41, 5.74) is 1.56. The molecule has 1 aromatic carbocycles. The summed E-state index contributed by atoms with van der Waals surface area (Å²) in [6, 6.07) is 8.54. The van der Waals surface area contributed by atoms with E-state index in [2.05, 4.69) is 10.2 Å². The van der Waals surface area contributed by atoms with Crippen LogP contribution in [-0.4, -0.2) is 41.1 Å². The number of carbonyl (C=O) groups is 1. The summed E-state index contributed by atoms with van der Waals surface area (Å²) < 4.78 is 0. The summed E-state index contributed by atoms with van der Waals surface area (Å²) in [6.07, 6.45) is 1.26. The standard InChI is InChI=1S/C13H16N2O2/c16-13(17)10-3-1-9(2-4-10)7-15-8-11-5-12(15)6-14-11/h1-4,11-12,14H,5-8H2,(H,16,17). The lowest BCUT2D eigenvalue weighted by Crippen LogP contribution is -2.42. The van der Waals surface area contributed by atoms with E-state index in [9.17, 15) is 4.79 Å². The molecule has 2 atom stereocenters. The van der Waals surface area contributed by atoms with Crippen LogP contribution in [0.3, 0.4) is 0 Å². The van der Waals surface area contributed by atoms with Crippen LogP contribution in [0.4, 0.5) is 0 Å². The lowest BCUT2D eigenvalue weighted by molar-refractivity contribution is 0.0697. The van der Waals surface area contributed by atoms with E-state index in [1.807, 2.05) is 12.1 Å². The number of hydrogen-bond donors (Lipinski definition) is 2. The second-order valence-corrected chi connectivity index (χ2v) is 4.93. The summed E-state index contributed by atoms with van der Waals surface area (Å²) in [5.74, 6) is -0.860. The fourth-order valence-electron chi connectivity index (χ4n) is 2.83. The van der Waals surface area contributed by atoms with Crippen molar-refractivity contribution in [1.29, 1.82) is 0 Å². The Morgan fingerprint density at radius 3 is 2.71 bits per heavy atom. The maximum absolute atomic E-state index is 10.7. The van der Waals surface area contributed by atoms with E-state index in [1.54, 1.807) is 12.1 Å². The zero-order valence-electron chi connectivity index (χ0n) is 9.60. The first-order valence-corrected chi connectivity index (χ1v) is 6.02. The average Bonchev–Trinajstić information content (AvgIpc) is 2.91. The predicted molar refractivity (Wildman–Crippen MR) is 64.0 cm³/mol. The molecule has 2 saturated heterocycles. The lowest BCUT2D eigenvalue weighted by Gasteiger charge is -2.27. The number of piperazine rings is 1. The SMILES string of the molecule is O=C(O)c1ccc(CN2CC3CC2CN3)cc1. The molecule has 4 nitrogen and oxygen atoms in total. The van der Waals surface area contributed by atoms with Crippen LogP contribution in [0.15, 0.2) is 24.3 Å². The van der Waals surface area contributed by atoms with E-state index < -0.39 is 5.97 Å². The number of carboxylic acids is 1. The van der Waals surface area contributed by atoms with Gasteiger partial charge < -0.3 is 10.4 Å². The quantitative estimate of drug-likeness (QED) is 0.814. The second-order valence-electron chi connectivity index (χ2n) is 4.93. The molecule has 0 radical (unpaired) electrons. The van der Waals surface area contributed by atoms with E-state index in [0.29, 0.717) is 17.6 Å². The zero-order valence-corrected chi connectivity index (χ0v) is 9.60.